The molecule has 1 saturated heterocycles. The zero-order chi connectivity index (χ0) is 14.7. The maximum Gasteiger partial charge on any atom is 0.323 e. The first-order chi connectivity index (χ1) is 9.49. The number of carbonyl (C=O) groups is 1. The minimum absolute atomic E-state index is 0.0801. The standard InChI is InChI=1S/C12H13ClN2O5/c13-9-2-1-8(10(5-9)15(18)19)6-14-3-4-20-7-11(14)12(16)17/h1-2,5,11H,3-4,6-7H2,(H,16,17). The number of carboxylic acid groups (broad SMARTS) is 1. The first kappa shape index (κ1) is 14.7. The topological polar surface area (TPSA) is 92.9 Å². The Morgan fingerprint density at radius 1 is 1.60 bits per heavy atom. The second-order valence-corrected chi connectivity index (χ2v) is 4.87. The van der Waals surface area contributed by atoms with Crippen molar-refractivity contribution >= 4 is 23.3 Å². The van der Waals surface area contributed by atoms with Crippen molar-refractivity contribution < 1.29 is 19.6 Å². The molecule has 0 spiro atoms. The van der Waals surface area contributed by atoms with Crippen molar-refractivity contribution in [2.75, 3.05) is 19.8 Å². The third-order valence-corrected chi connectivity index (χ3v) is 3.38. The summed E-state index contributed by atoms with van der Waals surface area (Å²) in [6, 6.07) is 3.58. The van der Waals surface area contributed by atoms with Crippen LogP contribution >= 0.6 is 11.6 Å². The first-order valence-corrected chi connectivity index (χ1v) is 6.34. The van der Waals surface area contributed by atoms with E-state index in [2.05, 4.69) is 0 Å². The number of halogens is 1. The Kier molecular flexibility index (Phi) is 4.53. The summed E-state index contributed by atoms with van der Waals surface area (Å²) in [6.07, 6.45) is 0. The van der Waals surface area contributed by atoms with Crippen LogP contribution in [0.25, 0.3) is 0 Å². The fourth-order valence-corrected chi connectivity index (χ4v) is 2.28. The molecule has 8 heteroatoms. The van der Waals surface area contributed by atoms with Gasteiger partial charge in [-0.25, -0.2) is 0 Å². The summed E-state index contributed by atoms with van der Waals surface area (Å²) in [5.74, 6) is -0.999. The van der Waals surface area contributed by atoms with Crippen LogP contribution in [0.2, 0.25) is 5.02 Å². The molecule has 1 unspecified atom stereocenters. The monoisotopic (exact) mass is 300 g/mol. The summed E-state index contributed by atoms with van der Waals surface area (Å²) in [7, 11) is 0. The molecule has 0 amide bonds. The van der Waals surface area contributed by atoms with E-state index >= 15 is 0 Å². The van der Waals surface area contributed by atoms with E-state index in [0.29, 0.717) is 18.7 Å². The number of aliphatic carboxylic acids is 1. The van der Waals surface area contributed by atoms with Crippen LogP contribution in [0.3, 0.4) is 0 Å². The molecule has 1 aliphatic heterocycles. The van der Waals surface area contributed by atoms with Crippen LogP contribution in [-0.2, 0) is 16.1 Å². The van der Waals surface area contributed by atoms with Gasteiger partial charge in [0.15, 0.2) is 0 Å². The fraction of sp³-hybridized carbons (Fsp3) is 0.417. The van der Waals surface area contributed by atoms with Gasteiger partial charge in [0.1, 0.15) is 6.04 Å². The summed E-state index contributed by atoms with van der Waals surface area (Å²) < 4.78 is 5.13. The predicted molar refractivity (Wildman–Crippen MR) is 70.8 cm³/mol. The molecule has 0 radical (unpaired) electrons. The molecule has 1 aliphatic rings. The molecular weight excluding hydrogens is 288 g/mol. The smallest absolute Gasteiger partial charge is 0.323 e. The van der Waals surface area contributed by atoms with Gasteiger partial charge in [-0.2, -0.15) is 0 Å². The molecule has 0 bridgehead atoms. The first-order valence-electron chi connectivity index (χ1n) is 5.96. The molecule has 108 valence electrons. The molecule has 0 aliphatic carbocycles. The Hall–Kier alpha value is -1.70. The van der Waals surface area contributed by atoms with Gasteiger partial charge in [0.25, 0.3) is 5.69 Å². The van der Waals surface area contributed by atoms with Gasteiger partial charge in [0.2, 0.25) is 0 Å². The van der Waals surface area contributed by atoms with Crippen LogP contribution in [0.1, 0.15) is 5.56 Å². The highest BCUT2D eigenvalue weighted by Crippen LogP contribution is 2.25. The normalized spacial score (nSPS) is 19.8. The highest BCUT2D eigenvalue weighted by atomic mass is 35.5. The van der Waals surface area contributed by atoms with Gasteiger partial charge >= 0.3 is 5.97 Å². The van der Waals surface area contributed by atoms with E-state index in [4.69, 9.17) is 21.4 Å². The average Bonchev–Trinajstić information content (AvgIpc) is 2.41. The number of nitrogens with zero attached hydrogens (tertiary/aromatic N) is 2. The predicted octanol–water partition coefficient (Wildman–Crippen LogP) is 1.53. The van der Waals surface area contributed by atoms with E-state index in [-0.39, 0.29) is 23.9 Å². The van der Waals surface area contributed by atoms with Gasteiger partial charge < -0.3 is 9.84 Å². The Labute approximate surface area is 119 Å². The number of morpholine rings is 1. The Morgan fingerprint density at radius 2 is 2.35 bits per heavy atom. The molecule has 1 N–H and O–H groups in total. The van der Waals surface area contributed by atoms with E-state index in [1.54, 1.807) is 17.0 Å². The van der Waals surface area contributed by atoms with Gasteiger partial charge in [-0.3, -0.25) is 19.8 Å². The summed E-state index contributed by atoms with van der Waals surface area (Å²) in [4.78, 5) is 23.3. The van der Waals surface area contributed by atoms with Gasteiger partial charge in [0.05, 0.1) is 18.1 Å². The van der Waals surface area contributed by atoms with E-state index in [1.807, 2.05) is 0 Å². The molecule has 1 fully saturated rings. The number of hydrogen-bond acceptors (Lipinski definition) is 5. The highest BCUT2D eigenvalue weighted by Gasteiger charge is 2.30. The second kappa shape index (κ2) is 6.17. The van der Waals surface area contributed by atoms with Crippen LogP contribution in [-0.4, -0.2) is 46.7 Å². The van der Waals surface area contributed by atoms with E-state index < -0.39 is 16.9 Å². The molecule has 7 nitrogen and oxygen atoms in total. The maximum absolute atomic E-state index is 11.2. The van der Waals surface area contributed by atoms with Crippen LogP contribution in [0.15, 0.2) is 18.2 Å². The minimum Gasteiger partial charge on any atom is -0.480 e. The van der Waals surface area contributed by atoms with Crippen molar-refractivity contribution in [3.63, 3.8) is 0 Å². The second-order valence-electron chi connectivity index (χ2n) is 4.43. The van der Waals surface area contributed by atoms with Gasteiger partial charge in [-0.15, -0.1) is 0 Å². The average molecular weight is 301 g/mol. The third kappa shape index (κ3) is 3.24. The number of nitro groups is 1. The number of carboxylic acids is 1. The SMILES string of the molecule is O=C(O)C1COCCN1Cc1ccc(Cl)cc1[N+](=O)[O-]. The molecule has 0 aromatic heterocycles. The number of benzene rings is 1. The van der Waals surface area contributed by atoms with Gasteiger partial charge in [-0.1, -0.05) is 11.6 Å². The lowest BCUT2D eigenvalue weighted by Crippen LogP contribution is -2.49. The molecule has 1 aromatic rings. The lowest BCUT2D eigenvalue weighted by atomic mass is 10.1. The molecule has 2 rings (SSSR count). The van der Waals surface area contributed by atoms with Crippen LogP contribution in [0.4, 0.5) is 5.69 Å². The Bertz CT molecular complexity index is 537. The minimum atomic E-state index is -0.999. The summed E-state index contributed by atoms with van der Waals surface area (Å²) in [5.41, 5.74) is 0.334. The zero-order valence-electron chi connectivity index (χ0n) is 10.5. The number of hydrogen-bond donors (Lipinski definition) is 1. The molecule has 1 atom stereocenters. The largest absolute Gasteiger partial charge is 0.480 e. The lowest BCUT2D eigenvalue weighted by molar-refractivity contribution is -0.385. The van der Waals surface area contributed by atoms with Crippen molar-refractivity contribution in [2.45, 2.75) is 12.6 Å². The number of rotatable bonds is 4. The van der Waals surface area contributed by atoms with E-state index in [9.17, 15) is 14.9 Å². The van der Waals surface area contributed by atoms with Crippen molar-refractivity contribution in [3.8, 4) is 0 Å². The van der Waals surface area contributed by atoms with Crippen LogP contribution in [0, 0.1) is 10.1 Å². The van der Waals surface area contributed by atoms with Crippen LogP contribution < -0.4 is 0 Å². The number of nitro benzene ring substituents is 1. The van der Waals surface area contributed by atoms with E-state index in [1.165, 1.54) is 6.07 Å². The molecule has 20 heavy (non-hydrogen) atoms. The summed E-state index contributed by atoms with van der Waals surface area (Å²) in [5, 5.41) is 20.4. The lowest BCUT2D eigenvalue weighted by Gasteiger charge is -2.32. The highest BCUT2D eigenvalue weighted by molar-refractivity contribution is 6.30. The molecule has 1 heterocycles. The van der Waals surface area contributed by atoms with Gasteiger partial charge in [-0.05, 0) is 12.1 Å². The number of ether oxygens (including phenoxy) is 1. The van der Waals surface area contributed by atoms with Gasteiger partial charge in [0, 0.05) is 29.7 Å². The van der Waals surface area contributed by atoms with Crippen molar-refractivity contribution in [2.24, 2.45) is 0 Å². The van der Waals surface area contributed by atoms with Crippen molar-refractivity contribution in [1.29, 1.82) is 0 Å². The Balaban J connectivity index is 2.24. The zero-order valence-corrected chi connectivity index (χ0v) is 11.2. The third-order valence-electron chi connectivity index (χ3n) is 3.14. The Morgan fingerprint density at radius 3 is 3.00 bits per heavy atom. The summed E-state index contributed by atoms with van der Waals surface area (Å²) in [6.45, 7) is 1.08. The van der Waals surface area contributed by atoms with E-state index in [0.717, 1.165) is 0 Å². The fourth-order valence-electron chi connectivity index (χ4n) is 2.11. The molecule has 0 saturated carbocycles. The van der Waals surface area contributed by atoms with Crippen LogP contribution in [0.5, 0.6) is 0 Å². The van der Waals surface area contributed by atoms with Crippen molar-refractivity contribution in [1.82, 2.24) is 4.90 Å². The van der Waals surface area contributed by atoms with Crippen molar-refractivity contribution in [3.05, 3.63) is 38.9 Å². The molecular formula is C12H13ClN2O5. The maximum atomic E-state index is 11.2. The summed E-state index contributed by atoms with van der Waals surface area (Å²) >= 11 is 5.75. The quantitative estimate of drug-likeness (QED) is 0.669. The molecule has 1 aromatic carbocycles.